The lowest BCUT2D eigenvalue weighted by Crippen LogP contribution is -2.48. The first-order valence-corrected chi connectivity index (χ1v) is 6.84. The van der Waals surface area contributed by atoms with Crippen molar-refractivity contribution in [3.05, 3.63) is 28.2 Å². The Hall–Kier alpha value is -0.620. The standard InChI is InChI=1S/C13H18BrNO3/c1-9-5-15(6-12(8-17)18-9)13-4-11(14)3-2-10(13)7-16/h2-4,9,12,16-17H,5-8H2,1H3. The van der Waals surface area contributed by atoms with Crippen LogP contribution in [0.25, 0.3) is 0 Å². The predicted molar refractivity (Wildman–Crippen MR) is 73.7 cm³/mol. The Morgan fingerprint density at radius 3 is 2.83 bits per heavy atom. The van der Waals surface area contributed by atoms with Gasteiger partial charge in [0.2, 0.25) is 0 Å². The second-order valence-corrected chi connectivity index (χ2v) is 5.50. The largest absolute Gasteiger partial charge is 0.394 e. The van der Waals surface area contributed by atoms with E-state index in [2.05, 4.69) is 20.8 Å². The SMILES string of the molecule is CC1CN(c2cc(Br)ccc2CO)CC(CO)O1. The molecule has 2 unspecified atom stereocenters. The van der Waals surface area contributed by atoms with Crippen LogP contribution < -0.4 is 4.90 Å². The number of aliphatic hydroxyl groups excluding tert-OH is 2. The molecule has 0 radical (unpaired) electrons. The van der Waals surface area contributed by atoms with E-state index in [0.29, 0.717) is 6.54 Å². The van der Waals surface area contributed by atoms with E-state index in [1.165, 1.54) is 0 Å². The summed E-state index contributed by atoms with van der Waals surface area (Å²) < 4.78 is 6.61. The molecular weight excluding hydrogens is 298 g/mol. The number of anilines is 1. The van der Waals surface area contributed by atoms with Crippen LogP contribution in [0, 0.1) is 0 Å². The normalized spacial score (nSPS) is 24.3. The monoisotopic (exact) mass is 315 g/mol. The molecule has 5 heteroatoms. The first-order valence-electron chi connectivity index (χ1n) is 6.04. The van der Waals surface area contributed by atoms with Crippen molar-refractivity contribution in [2.45, 2.75) is 25.7 Å². The average Bonchev–Trinajstić information content (AvgIpc) is 2.38. The minimum Gasteiger partial charge on any atom is -0.394 e. The van der Waals surface area contributed by atoms with Crippen LogP contribution in [-0.4, -0.2) is 42.1 Å². The molecule has 1 aromatic rings. The van der Waals surface area contributed by atoms with Crippen LogP contribution in [0.3, 0.4) is 0 Å². The van der Waals surface area contributed by atoms with E-state index >= 15 is 0 Å². The van der Waals surface area contributed by atoms with Crippen LogP contribution in [-0.2, 0) is 11.3 Å². The third-order valence-corrected chi connectivity index (χ3v) is 3.58. The van der Waals surface area contributed by atoms with Gasteiger partial charge >= 0.3 is 0 Å². The lowest BCUT2D eigenvalue weighted by Gasteiger charge is -2.38. The Morgan fingerprint density at radius 1 is 1.39 bits per heavy atom. The van der Waals surface area contributed by atoms with Crippen molar-refractivity contribution < 1.29 is 14.9 Å². The predicted octanol–water partition coefficient (Wildman–Crippen LogP) is 1.53. The van der Waals surface area contributed by atoms with Crippen molar-refractivity contribution in [1.82, 2.24) is 0 Å². The van der Waals surface area contributed by atoms with E-state index in [-0.39, 0.29) is 25.4 Å². The molecule has 0 saturated carbocycles. The van der Waals surface area contributed by atoms with Crippen molar-refractivity contribution >= 4 is 21.6 Å². The molecule has 0 amide bonds. The van der Waals surface area contributed by atoms with E-state index in [9.17, 15) is 10.2 Å². The lowest BCUT2D eigenvalue weighted by atomic mass is 10.1. The van der Waals surface area contributed by atoms with Crippen molar-refractivity contribution in [2.75, 3.05) is 24.6 Å². The summed E-state index contributed by atoms with van der Waals surface area (Å²) in [6.07, 6.45) is -0.0966. The van der Waals surface area contributed by atoms with Gasteiger partial charge in [-0.25, -0.2) is 0 Å². The third kappa shape index (κ3) is 3.03. The van der Waals surface area contributed by atoms with Crippen LogP contribution >= 0.6 is 15.9 Å². The van der Waals surface area contributed by atoms with Crippen molar-refractivity contribution in [1.29, 1.82) is 0 Å². The Bertz CT molecular complexity index is 413. The van der Waals surface area contributed by atoms with Gasteiger partial charge in [-0.15, -0.1) is 0 Å². The summed E-state index contributed by atoms with van der Waals surface area (Å²) in [6, 6.07) is 5.83. The second-order valence-electron chi connectivity index (χ2n) is 4.59. The van der Waals surface area contributed by atoms with Crippen LogP contribution in [0.1, 0.15) is 12.5 Å². The first-order chi connectivity index (χ1) is 8.63. The number of hydrogen-bond donors (Lipinski definition) is 2. The maximum Gasteiger partial charge on any atom is 0.0984 e. The Balaban J connectivity index is 2.26. The number of ether oxygens (including phenoxy) is 1. The van der Waals surface area contributed by atoms with Gasteiger partial charge in [-0.05, 0) is 19.1 Å². The summed E-state index contributed by atoms with van der Waals surface area (Å²) in [7, 11) is 0. The summed E-state index contributed by atoms with van der Waals surface area (Å²) >= 11 is 3.45. The van der Waals surface area contributed by atoms with Gasteiger partial charge < -0.3 is 19.8 Å². The van der Waals surface area contributed by atoms with Gasteiger partial charge in [0.25, 0.3) is 0 Å². The minimum absolute atomic E-state index is 0.0120. The number of aliphatic hydroxyl groups is 2. The fraction of sp³-hybridized carbons (Fsp3) is 0.538. The number of nitrogens with zero attached hydrogens (tertiary/aromatic N) is 1. The van der Waals surface area contributed by atoms with Crippen molar-refractivity contribution in [3.8, 4) is 0 Å². The van der Waals surface area contributed by atoms with Crippen molar-refractivity contribution in [2.24, 2.45) is 0 Å². The van der Waals surface area contributed by atoms with Gasteiger partial charge in [-0.3, -0.25) is 0 Å². The van der Waals surface area contributed by atoms with E-state index < -0.39 is 0 Å². The van der Waals surface area contributed by atoms with Crippen LogP contribution in [0.15, 0.2) is 22.7 Å². The molecule has 1 aromatic carbocycles. The van der Waals surface area contributed by atoms with Gasteiger partial charge in [-0.2, -0.15) is 0 Å². The minimum atomic E-state index is -0.167. The topological polar surface area (TPSA) is 52.9 Å². The molecule has 0 spiro atoms. The summed E-state index contributed by atoms with van der Waals surface area (Å²) in [5.74, 6) is 0. The quantitative estimate of drug-likeness (QED) is 0.888. The van der Waals surface area contributed by atoms with Gasteiger partial charge in [0.1, 0.15) is 0 Å². The molecule has 0 aliphatic carbocycles. The highest BCUT2D eigenvalue weighted by atomic mass is 79.9. The van der Waals surface area contributed by atoms with Gasteiger partial charge in [0.15, 0.2) is 0 Å². The van der Waals surface area contributed by atoms with Gasteiger partial charge in [0.05, 0.1) is 25.4 Å². The number of benzene rings is 1. The van der Waals surface area contributed by atoms with E-state index in [1.807, 2.05) is 25.1 Å². The zero-order valence-electron chi connectivity index (χ0n) is 10.3. The maximum absolute atomic E-state index is 9.41. The molecule has 1 aliphatic heterocycles. The zero-order chi connectivity index (χ0) is 13.1. The fourth-order valence-corrected chi connectivity index (χ4v) is 2.66. The third-order valence-electron chi connectivity index (χ3n) is 3.09. The van der Waals surface area contributed by atoms with E-state index in [1.54, 1.807) is 0 Å². The summed E-state index contributed by atoms with van der Waals surface area (Å²) in [4.78, 5) is 2.16. The molecule has 1 fully saturated rings. The molecule has 1 saturated heterocycles. The molecule has 4 nitrogen and oxygen atoms in total. The van der Waals surface area contributed by atoms with Crippen LogP contribution in [0.2, 0.25) is 0 Å². The molecule has 1 aliphatic rings. The average molecular weight is 316 g/mol. The van der Waals surface area contributed by atoms with Crippen LogP contribution in [0.5, 0.6) is 0 Å². The molecule has 2 N–H and O–H groups in total. The number of rotatable bonds is 3. The number of morpholine rings is 1. The second kappa shape index (κ2) is 6.02. The molecule has 1 heterocycles. The number of halogens is 1. The number of hydrogen-bond acceptors (Lipinski definition) is 4. The fourth-order valence-electron chi connectivity index (χ4n) is 2.31. The van der Waals surface area contributed by atoms with Crippen LogP contribution in [0.4, 0.5) is 5.69 Å². The van der Waals surface area contributed by atoms with Gasteiger partial charge in [-0.1, -0.05) is 22.0 Å². The van der Waals surface area contributed by atoms with E-state index in [0.717, 1.165) is 22.3 Å². The first kappa shape index (κ1) is 13.8. The summed E-state index contributed by atoms with van der Waals surface area (Å²) in [5.41, 5.74) is 1.89. The smallest absolute Gasteiger partial charge is 0.0984 e. The molecular formula is C13H18BrNO3. The maximum atomic E-state index is 9.41. The highest BCUT2D eigenvalue weighted by Crippen LogP contribution is 2.28. The molecule has 0 bridgehead atoms. The molecule has 18 heavy (non-hydrogen) atoms. The highest BCUT2D eigenvalue weighted by Gasteiger charge is 2.26. The highest BCUT2D eigenvalue weighted by molar-refractivity contribution is 9.10. The summed E-state index contributed by atoms with van der Waals surface area (Å²) in [6.45, 7) is 3.43. The van der Waals surface area contributed by atoms with Crippen molar-refractivity contribution in [3.63, 3.8) is 0 Å². The van der Waals surface area contributed by atoms with Gasteiger partial charge in [0, 0.05) is 28.8 Å². The van der Waals surface area contributed by atoms with E-state index in [4.69, 9.17) is 4.74 Å². The Kier molecular flexibility index (Phi) is 4.61. The molecule has 2 rings (SSSR count). The molecule has 2 atom stereocenters. The molecule has 0 aromatic heterocycles. The molecule has 100 valence electrons. The Labute approximate surface area is 115 Å². The summed E-state index contributed by atoms with van der Waals surface area (Å²) in [5, 5.41) is 18.7. The Morgan fingerprint density at radius 2 is 2.17 bits per heavy atom. The lowest BCUT2D eigenvalue weighted by molar-refractivity contribution is -0.0421. The zero-order valence-corrected chi connectivity index (χ0v) is 11.9.